The van der Waals surface area contributed by atoms with Gasteiger partial charge in [0.2, 0.25) is 11.3 Å². The van der Waals surface area contributed by atoms with Gasteiger partial charge in [-0.2, -0.15) is 0 Å². The van der Waals surface area contributed by atoms with E-state index >= 15 is 0 Å². The van der Waals surface area contributed by atoms with Crippen LogP contribution in [0.3, 0.4) is 0 Å². The molecule has 30 heavy (non-hydrogen) atoms. The Bertz CT molecular complexity index is 1110. The SMILES string of the molecule is Cc1ncc(CNC(=O)c2cnc(C(NS(=O)O)c3ccc(F)c(F)c3)c(C)n2)s1. The molecular formula is C18H17F2N5O3S2. The second-order valence-corrected chi connectivity index (χ2v) is 8.28. The summed E-state index contributed by atoms with van der Waals surface area (Å²) in [6, 6.07) is 2.03. The van der Waals surface area contributed by atoms with Crippen LogP contribution in [0.15, 0.2) is 30.6 Å². The van der Waals surface area contributed by atoms with Gasteiger partial charge in [-0.05, 0) is 31.5 Å². The molecule has 0 aliphatic carbocycles. The molecule has 0 saturated carbocycles. The van der Waals surface area contributed by atoms with E-state index in [0.29, 0.717) is 0 Å². The maximum Gasteiger partial charge on any atom is 0.271 e. The number of thiazole rings is 1. The number of benzene rings is 1. The van der Waals surface area contributed by atoms with Gasteiger partial charge in [-0.25, -0.2) is 27.7 Å². The molecule has 2 heterocycles. The molecular weight excluding hydrogens is 436 g/mol. The van der Waals surface area contributed by atoms with Crippen molar-refractivity contribution in [3.63, 3.8) is 0 Å². The highest BCUT2D eigenvalue weighted by Gasteiger charge is 2.23. The molecule has 0 saturated heterocycles. The molecule has 0 radical (unpaired) electrons. The van der Waals surface area contributed by atoms with Gasteiger partial charge in [0.15, 0.2) is 11.6 Å². The molecule has 3 aromatic rings. The summed E-state index contributed by atoms with van der Waals surface area (Å²) in [6.45, 7) is 3.70. The van der Waals surface area contributed by atoms with Gasteiger partial charge in [-0.3, -0.25) is 14.3 Å². The van der Waals surface area contributed by atoms with Gasteiger partial charge in [-0.15, -0.1) is 11.3 Å². The van der Waals surface area contributed by atoms with Gasteiger partial charge in [0.25, 0.3) is 5.91 Å². The van der Waals surface area contributed by atoms with Gasteiger partial charge < -0.3 is 5.32 Å². The Kier molecular flexibility index (Phi) is 6.92. The van der Waals surface area contributed by atoms with E-state index < -0.39 is 34.8 Å². The minimum atomic E-state index is -2.47. The topological polar surface area (TPSA) is 117 Å². The zero-order chi connectivity index (χ0) is 21.8. The molecule has 0 aliphatic heterocycles. The number of nitrogens with one attached hydrogen (secondary N) is 2. The maximum absolute atomic E-state index is 13.7. The predicted molar refractivity (Wildman–Crippen MR) is 107 cm³/mol. The first-order valence-electron chi connectivity index (χ1n) is 8.59. The third-order valence-corrected chi connectivity index (χ3v) is 5.43. The fourth-order valence-corrected chi connectivity index (χ4v) is 3.89. The van der Waals surface area contributed by atoms with Crippen LogP contribution in [0.5, 0.6) is 0 Å². The molecule has 3 N–H and O–H groups in total. The van der Waals surface area contributed by atoms with Crippen LogP contribution in [0.2, 0.25) is 0 Å². The quantitative estimate of drug-likeness (QED) is 0.474. The van der Waals surface area contributed by atoms with E-state index in [9.17, 15) is 22.3 Å². The number of aryl methyl sites for hydroxylation is 2. The van der Waals surface area contributed by atoms with E-state index in [4.69, 9.17) is 0 Å². The molecule has 0 fully saturated rings. The van der Waals surface area contributed by atoms with Crippen molar-refractivity contribution in [1.29, 1.82) is 0 Å². The molecule has 2 aromatic heterocycles. The fraction of sp³-hybridized carbons (Fsp3) is 0.222. The monoisotopic (exact) mass is 453 g/mol. The summed E-state index contributed by atoms with van der Waals surface area (Å²) in [7, 11) is 0. The third-order valence-electron chi connectivity index (χ3n) is 4.08. The lowest BCUT2D eigenvalue weighted by atomic mass is 10.0. The Hall–Kier alpha value is -2.67. The molecule has 2 unspecified atom stereocenters. The number of carbonyl (C=O) groups excluding carboxylic acids is 1. The average molecular weight is 453 g/mol. The summed E-state index contributed by atoms with van der Waals surface area (Å²) in [5, 5.41) is 3.60. The van der Waals surface area contributed by atoms with E-state index in [1.54, 1.807) is 13.1 Å². The van der Waals surface area contributed by atoms with E-state index in [0.717, 1.165) is 22.0 Å². The van der Waals surface area contributed by atoms with E-state index in [1.807, 2.05) is 6.92 Å². The zero-order valence-corrected chi connectivity index (χ0v) is 17.5. The predicted octanol–water partition coefficient (Wildman–Crippen LogP) is 2.57. The highest BCUT2D eigenvalue weighted by molar-refractivity contribution is 7.77. The van der Waals surface area contributed by atoms with Crippen LogP contribution in [0.25, 0.3) is 0 Å². The van der Waals surface area contributed by atoms with Crippen LogP contribution < -0.4 is 10.0 Å². The lowest BCUT2D eigenvalue weighted by molar-refractivity contribution is 0.0945. The van der Waals surface area contributed by atoms with Crippen LogP contribution in [0.4, 0.5) is 8.78 Å². The van der Waals surface area contributed by atoms with Crippen molar-refractivity contribution < 1.29 is 22.3 Å². The number of nitrogens with zero attached hydrogens (tertiary/aromatic N) is 3. The largest absolute Gasteiger partial charge is 0.346 e. The van der Waals surface area contributed by atoms with Crippen molar-refractivity contribution in [2.75, 3.05) is 0 Å². The molecule has 1 aromatic carbocycles. The molecule has 0 spiro atoms. The molecule has 2 atom stereocenters. The summed E-state index contributed by atoms with van der Waals surface area (Å²) < 4.78 is 49.8. The summed E-state index contributed by atoms with van der Waals surface area (Å²) in [6.07, 6.45) is 2.89. The molecule has 12 heteroatoms. The highest BCUT2D eigenvalue weighted by Crippen LogP contribution is 2.24. The lowest BCUT2D eigenvalue weighted by Crippen LogP contribution is -2.28. The van der Waals surface area contributed by atoms with Gasteiger partial charge in [0.1, 0.15) is 5.69 Å². The minimum Gasteiger partial charge on any atom is -0.346 e. The van der Waals surface area contributed by atoms with Gasteiger partial charge in [0, 0.05) is 11.1 Å². The van der Waals surface area contributed by atoms with Crippen molar-refractivity contribution in [3.05, 3.63) is 74.8 Å². The number of rotatable bonds is 7. The van der Waals surface area contributed by atoms with Gasteiger partial charge >= 0.3 is 0 Å². The van der Waals surface area contributed by atoms with Crippen LogP contribution in [-0.2, 0) is 17.8 Å². The molecule has 0 aliphatic rings. The van der Waals surface area contributed by atoms with Crippen molar-refractivity contribution >= 4 is 28.5 Å². The van der Waals surface area contributed by atoms with E-state index in [-0.39, 0.29) is 29.2 Å². The molecule has 3 rings (SSSR count). The van der Waals surface area contributed by atoms with Gasteiger partial charge in [-0.1, -0.05) is 6.07 Å². The van der Waals surface area contributed by atoms with Crippen molar-refractivity contribution in [2.24, 2.45) is 0 Å². The minimum absolute atomic E-state index is 0.0478. The molecule has 158 valence electrons. The van der Waals surface area contributed by atoms with Crippen LogP contribution in [-0.4, -0.2) is 29.6 Å². The number of hydrogen-bond donors (Lipinski definition) is 3. The first-order valence-corrected chi connectivity index (χ1v) is 10.5. The Morgan fingerprint density at radius 3 is 2.60 bits per heavy atom. The average Bonchev–Trinajstić information content (AvgIpc) is 3.11. The van der Waals surface area contributed by atoms with Crippen LogP contribution in [0, 0.1) is 25.5 Å². The Morgan fingerprint density at radius 2 is 2.00 bits per heavy atom. The Balaban J connectivity index is 1.84. The fourth-order valence-electron chi connectivity index (χ4n) is 2.70. The van der Waals surface area contributed by atoms with Crippen molar-refractivity contribution in [1.82, 2.24) is 25.0 Å². The van der Waals surface area contributed by atoms with Crippen LogP contribution >= 0.6 is 11.3 Å². The standard InChI is InChI=1S/C18H17F2N5O3S2/c1-9-16(17(25-30(27)28)11-3-4-13(19)14(20)5-11)22-8-15(24-9)18(26)23-7-12-6-21-10(2)29-12/h3-6,8,17,25H,7H2,1-2H3,(H,23,26)(H,27,28). The molecule has 0 bridgehead atoms. The third kappa shape index (κ3) is 5.27. The van der Waals surface area contributed by atoms with Gasteiger partial charge in [0.05, 0.1) is 35.2 Å². The van der Waals surface area contributed by atoms with Crippen molar-refractivity contribution in [3.8, 4) is 0 Å². The second-order valence-electron chi connectivity index (χ2n) is 6.23. The van der Waals surface area contributed by atoms with E-state index in [1.165, 1.54) is 23.6 Å². The second kappa shape index (κ2) is 9.43. The summed E-state index contributed by atoms with van der Waals surface area (Å²) >= 11 is -1.01. The summed E-state index contributed by atoms with van der Waals surface area (Å²) in [5.74, 6) is -2.61. The number of amides is 1. The smallest absolute Gasteiger partial charge is 0.271 e. The molecule has 1 amide bonds. The van der Waals surface area contributed by atoms with E-state index in [2.05, 4.69) is 25.0 Å². The molecule has 8 nitrogen and oxygen atoms in total. The Labute approximate surface area is 177 Å². The lowest BCUT2D eigenvalue weighted by Gasteiger charge is -2.18. The Morgan fingerprint density at radius 1 is 1.23 bits per heavy atom. The number of aromatic nitrogens is 3. The zero-order valence-electron chi connectivity index (χ0n) is 15.8. The number of halogens is 2. The summed E-state index contributed by atoms with van der Waals surface area (Å²) in [5.41, 5.74) is 0.695. The highest BCUT2D eigenvalue weighted by atomic mass is 32.2. The van der Waals surface area contributed by atoms with Crippen molar-refractivity contribution in [2.45, 2.75) is 26.4 Å². The number of carbonyl (C=O) groups is 1. The normalized spacial score (nSPS) is 13.1. The summed E-state index contributed by atoms with van der Waals surface area (Å²) in [4.78, 5) is 25.8. The number of hydrogen-bond acceptors (Lipinski definition) is 6. The first-order chi connectivity index (χ1) is 14.2. The van der Waals surface area contributed by atoms with Crippen LogP contribution in [0.1, 0.15) is 43.4 Å². The first kappa shape index (κ1) is 22.0. The maximum atomic E-state index is 13.7.